The lowest BCUT2D eigenvalue weighted by molar-refractivity contribution is 0.0950. The second-order valence-electron chi connectivity index (χ2n) is 4.86. The van der Waals surface area contributed by atoms with Gasteiger partial charge in [0, 0.05) is 6.54 Å². The van der Waals surface area contributed by atoms with Crippen molar-refractivity contribution >= 4 is 27.5 Å². The highest BCUT2D eigenvalue weighted by Crippen LogP contribution is 2.32. The number of carbonyl (C=O) groups excluding carboxylic acids is 1. The molecule has 0 unspecified atom stereocenters. The fraction of sp³-hybridized carbons (Fsp3) is 0.125. The van der Waals surface area contributed by atoms with E-state index in [9.17, 15) is 4.79 Å². The predicted octanol–water partition coefficient (Wildman–Crippen LogP) is 2.96. The number of fused-ring (bicyclic) bond motifs is 2. The molecule has 2 heterocycles. The van der Waals surface area contributed by atoms with Crippen LogP contribution in [-0.4, -0.2) is 17.7 Å². The number of ether oxygens (including phenoxy) is 2. The Morgan fingerprint density at radius 1 is 1.18 bits per heavy atom. The summed E-state index contributed by atoms with van der Waals surface area (Å²) in [6, 6.07) is 13.3. The van der Waals surface area contributed by atoms with Gasteiger partial charge in [-0.3, -0.25) is 4.79 Å². The minimum Gasteiger partial charge on any atom is -0.454 e. The molecule has 0 radical (unpaired) electrons. The van der Waals surface area contributed by atoms with Crippen molar-refractivity contribution in [2.45, 2.75) is 6.54 Å². The number of hydrogen-bond acceptors (Lipinski definition) is 5. The molecule has 1 amide bonds. The number of amides is 1. The Hall–Kier alpha value is -2.60. The molecular weight excluding hydrogens is 300 g/mol. The van der Waals surface area contributed by atoms with Crippen molar-refractivity contribution in [2.24, 2.45) is 0 Å². The average molecular weight is 312 g/mol. The third kappa shape index (κ3) is 2.37. The number of benzene rings is 2. The molecule has 1 aliphatic heterocycles. The molecule has 2 aromatic carbocycles. The van der Waals surface area contributed by atoms with Crippen molar-refractivity contribution in [1.82, 2.24) is 10.3 Å². The second kappa shape index (κ2) is 5.31. The summed E-state index contributed by atoms with van der Waals surface area (Å²) < 4.78 is 11.6. The lowest BCUT2D eigenvalue weighted by atomic mass is 10.2. The van der Waals surface area contributed by atoms with Crippen LogP contribution in [0.25, 0.3) is 10.2 Å². The first-order chi connectivity index (χ1) is 10.8. The van der Waals surface area contributed by atoms with Crippen LogP contribution >= 0.6 is 11.3 Å². The van der Waals surface area contributed by atoms with E-state index in [2.05, 4.69) is 10.3 Å². The van der Waals surface area contributed by atoms with E-state index in [0.717, 1.165) is 21.5 Å². The number of aromatic nitrogens is 1. The van der Waals surface area contributed by atoms with Crippen LogP contribution in [0, 0.1) is 0 Å². The summed E-state index contributed by atoms with van der Waals surface area (Å²) in [7, 11) is 0. The molecule has 6 heteroatoms. The van der Waals surface area contributed by atoms with Gasteiger partial charge in [0.2, 0.25) is 6.79 Å². The minimum atomic E-state index is -0.168. The zero-order valence-corrected chi connectivity index (χ0v) is 12.4. The third-order valence-corrected chi connectivity index (χ3v) is 4.41. The monoisotopic (exact) mass is 312 g/mol. The summed E-state index contributed by atoms with van der Waals surface area (Å²) in [5.41, 5.74) is 1.81. The summed E-state index contributed by atoms with van der Waals surface area (Å²) in [5, 5.41) is 3.35. The predicted molar refractivity (Wildman–Crippen MR) is 83.4 cm³/mol. The number of para-hydroxylation sites is 1. The van der Waals surface area contributed by atoms with Crippen LogP contribution in [0.5, 0.6) is 11.5 Å². The normalized spacial score (nSPS) is 12.5. The van der Waals surface area contributed by atoms with E-state index in [1.165, 1.54) is 11.3 Å². The second-order valence-corrected chi connectivity index (χ2v) is 5.89. The zero-order chi connectivity index (χ0) is 14.9. The van der Waals surface area contributed by atoms with E-state index in [-0.39, 0.29) is 12.7 Å². The fourth-order valence-electron chi connectivity index (χ4n) is 2.28. The lowest BCUT2D eigenvalue weighted by Crippen LogP contribution is -2.22. The minimum absolute atomic E-state index is 0.168. The summed E-state index contributed by atoms with van der Waals surface area (Å²) in [6.07, 6.45) is 0. The lowest BCUT2D eigenvalue weighted by Gasteiger charge is -2.04. The van der Waals surface area contributed by atoms with E-state index in [1.54, 1.807) is 0 Å². The van der Waals surface area contributed by atoms with Gasteiger partial charge < -0.3 is 14.8 Å². The van der Waals surface area contributed by atoms with Gasteiger partial charge in [0.25, 0.3) is 5.91 Å². The SMILES string of the molecule is O=C(NCc1ccc2c(c1)OCO2)c1nc2ccccc2s1. The average Bonchev–Trinajstić information content (AvgIpc) is 3.18. The molecule has 0 atom stereocenters. The van der Waals surface area contributed by atoms with Gasteiger partial charge in [0.15, 0.2) is 16.5 Å². The van der Waals surface area contributed by atoms with Crippen molar-refractivity contribution in [3.05, 3.63) is 53.0 Å². The molecule has 1 aliphatic rings. The Morgan fingerprint density at radius 3 is 2.95 bits per heavy atom. The van der Waals surface area contributed by atoms with Gasteiger partial charge >= 0.3 is 0 Å². The van der Waals surface area contributed by atoms with Crippen LogP contribution < -0.4 is 14.8 Å². The molecule has 0 bridgehead atoms. The van der Waals surface area contributed by atoms with Gasteiger partial charge in [0.05, 0.1) is 10.2 Å². The first kappa shape index (κ1) is 13.1. The van der Waals surface area contributed by atoms with Crippen LogP contribution in [0.1, 0.15) is 15.4 Å². The van der Waals surface area contributed by atoms with Crippen molar-refractivity contribution < 1.29 is 14.3 Å². The van der Waals surface area contributed by atoms with Crippen LogP contribution in [0.15, 0.2) is 42.5 Å². The van der Waals surface area contributed by atoms with Gasteiger partial charge in [-0.15, -0.1) is 11.3 Å². The molecule has 3 aromatic rings. The molecule has 0 fully saturated rings. The maximum absolute atomic E-state index is 12.2. The zero-order valence-electron chi connectivity index (χ0n) is 11.5. The van der Waals surface area contributed by atoms with Crippen LogP contribution in [0.4, 0.5) is 0 Å². The Balaban J connectivity index is 1.48. The standard InChI is InChI=1S/C16H12N2O3S/c19-15(16-18-11-3-1-2-4-14(11)22-16)17-8-10-5-6-12-13(7-10)21-9-20-12/h1-7H,8-9H2,(H,17,19). The molecule has 4 rings (SSSR count). The third-order valence-electron chi connectivity index (χ3n) is 3.38. The maximum atomic E-state index is 12.2. The van der Waals surface area contributed by atoms with Crippen molar-refractivity contribution in [3.8, 4) is 11.5 Å². The number of hydrogen-bond donors (Lipinski definition) is 1. The number of carbonyl (C=O) groups is 1. The van der Waals surface area contributed by atoms with E-state index in [4.69, 9.17) is 9.47 Å². The Morgan fingerprint density at radius 2 is 2.05 bits per heavy atom. The maximum Gasteiger partial charge on any atom is 0.280 e. The molecule has 0 aliphatic carbocycles. The fourth-order valence-corrected chi connectivity index (χ4v) is 3.16. The largest absolute Gasteiger partial charge is 0.454 e. The van der Waals surface area contributed by atoms with Crippen LogP contribution in [-0.2, 0) is 6.54 Å². The molecule has 1 N–H and O–H groups in total. The number of nitrogens with zero attached hydrogens (tertiary/aromatic N) is 1. The summed E-state index contributed by atoms with van der Waals surface area (Å²) >= 11 is 1.39. The van der Waals surface area contributed by atoms with E-state index >= 15 is 0 Å². The smallest absolute Gasteiger partial charge is 0.280 e. The summed E-state index contributed by atoms with van der Waals surface area (Å²) in [5.74, 6) is 1.28. The number of rotatable bonds is 3. The van der Waals surface area contributed by atoms with Gasteiger partial charge in [-0.2, -0.15) is 0 Å². The quantitative estimate of drug-likeness (QED) is 0.808. The van der Waals surface area contributed by atoms with Crippen molar-refractivity contribution in [3.63, 3.8) is 0 Å². The number of nitrogens with one attached hydrogen (secondary N) is 1. The highest BCUT2D eigenvalue weighted by molar-refractivity contribution is 7.20. The molecule has 0 saturated carbocycles. The molecule has 5 nitrogen and oxygen atoms in total. The highest BCUT2D eigenvalue weighted by atomic mass is 32.1. The van der Waals surface area contributed by atoms with E-state index in [1.807, 2.05) is 42.5 Å². The number of thiazole rings is 1. The molecule has 0 saturated heterocycles. The van der Waals surface area contributed by atoms with Gasteiger partial charge in [-0.1, -0.05) is 18.2 Å². The van der Waals surface area contributed by atoms with E-state index in [0.29, 0.717) is 17.3 Å². The first-order valence-corrected chi connectivity index (χ1v) is 7.63. The molecule has 22 heavy (non-hydrogen) atoms. The molecular formula is C16H12N2O3S. The van der Waals surface area contributed by atoms with Crippen molar-refractivity contribution in [2.75, 3.05) is 6.79 Å². The molecule has 110 valence electrons. The van der Waals surface area contributed by atoms with Crippen LogP contribution in [0.3, 0.4) is 0 Å². The summed E-state index contributed by atoms with van der Waals surface area (Å²) in [4.78, 5) is 16.5. The molecule has 0 spiro atoms. The van der Waals surface area contributed by atoms with Gasteiger partial charge in [-0.05, 0) is 29.8 Å². The topological polar surface area (TPSA) is 60.5 Å². The highest BCUT2D eigenvalue weighted by Gasteiger charge is 2.15. The van der Waals surface area contributed by atoms with Gasteiger partial charge in [0.1, 0.15) is 0 Å². The Kier molecular flexibility index (Phi) is 3.16. The molecule has 1 aromatic heterocycles. The Bertz CT molecular complexity index is 826. The van der Waals surface area contributed by atoms with Crippen LogP contribution in [0.2, 0.25) is 0 Å². The Labute approximate surface area is 130 Å². The van der Waals surface area contributed by atoms with Crippen molar-refractivity contribution in [1.29, 1.82) is 0 Å². The van der Waals surface area contributed by atoms with Gasteiger partial charge in [-0.25, -0.2) is 4.98 Å². The first-order valence-electron chi connectivity index (χ1n) is 6.82. The van der Waals surface area contributed by atoms with E-state index < -0.39 is 0 Å². The summed E-state index contributed by atoms with van der Waals surface area (Å²) in [6.45, 7) is 0.669.